The molecular formula is C19H21N3O3. The highest BCUT2D eigenvalue weighted by Gasteiger charge is 2.22. The molecule has 3 N–H and O–H groups in total. The lowest BCUT2D eigenvalue weighted by Gasteiger charge is -2.19. The number of carbonyl (C=O) groups is 3. The Bertz CT molecular complexity index is 772. The van der Waals surface area contributed by atoms with Crippen molar-refractivity contribution in [2.75, 3.05) is 0 Å². The molecule has 1 aromatic carbocycles. The zero-order valence-corrected chi connectivity index (χ0v) is 14.2. The Kier molecular flexibility index (Phi) is 6.00. The SMILES string of the molecule is CC(C)[C@@H](NC(=O)c1ccnc(CC(=O)c2ccccc2)c1)C(N)=O. The molecule has 0 spiro atoms. The minimum Gasteiger partial charge on any atom is -0.368 e. The van der Waals surface area contributed by atoms with Gasteiger partial charge in [-0.05, 0) is 18.1 Å². The third-order valence-corrected chi connectivity index (χ3v) is 3.78. The molecule has 0 saturated heterocycles. The van der Waals surface area contributed by atoms with Crippen LogP contribution in [0.3, 0.4) is 0 Å². The zero-order valence-electron chi connectivity index (χ0n) is 14.2. The Morgan fingerprint density at radius 3 is 2.36 bits per heavy atom. The second kappa shape index (κ2) is 8.19. The quantitative estimate of drug-likeness (QED) is 0.750. The largest absolute Gasteiger partial charge is 0.368 e. The average Bonchev–Trinajstić information content (AvgIpc) is 2.59. The number of amides is 2. The number of aromatic nitrogens is 1. The van der Waals surface area contributed by atoms with E-state index in [4.69, 9.17) is 5.73 Å². The molecular weight excluding hydrogens is 318 g/mol. The number of Topliss-reactive ketones (excluding diaryl/α,β-unsaturated/α-hetero) is 1. The number of nitrogens with two attached hydrogens (primary N) is 1. The molecule has 6 nitrogen and oxygen atoms in total. The van der Waals surface area contributed by atoms with Crippen LogP contribution in [-0.2, 0) is 11.2 Å². The number of primary amides is 1. The summed E-state index contributed by atoms with van der Waals surface area (Å²) in [5.74, 6) is -1.21. The minimum absolute atomic E-state index is 0.0807. The van der Waals surface area contributed by atoms with Crippen LogP contribution >= 0.6 is 0 Å². The minimum atomic E-state index is -0.755. The van der Waals surface area contributed by atoms with Crippen LogP contribution in [0.5, 0.6) is 0 Å². The monoisotopic (exact) mass is 339 g/mol. The molecule has 1 atom stereocenters. The van der Waals surface area contributed by atoms with Crippen LogP contribution in [0.4, 0.5) is 0 Å². The van der Waals surface area contributed by atoms with Crippen molar-refractivity contribution in [1.82, 2.24) is 10.3 Å². The number of ketones is 1. The maximum Gasteiger partial charge on any atom is 0.252 e. The Morgan fingerprint density at radius 2 is 1.76 bits per heavy atom. The van der Waals surface area contributed by atoms with E-state index in [0.29, 0.717) is 16.8 Å². The summed E-state index contributed by atoms with van der Waals surface area (Å²) in [6.07, 6.45) is 1.56. The summed E-state index contributed by atoms with van der Waals surface area (Å²) >= 11 is 0. The van der Waals surface area contributed by atoms with Crippen LogP contribution in [-0.4, -0.2) is 28.6 Å². The molecule has 2 amide bonds. The van der Waals surface area contributed by atoms with Crippen molar-refractivity contribution in [2.24, 2.45) is 11.7 Å². The summed E-state index contributed by atoms with van der Waals surface area (Å²) in [6.45, 7) is 3.60. The Morgan fingerprint density at radius 1 is 1.08 bits per heavy atom. The first-order valence-corrected chi connectivity index (χ1v) is 8.02. The van der Waals surface area contributed by atoms with Crippen molar-refractivity contribution in [3.8, 4) is 0 Å². The lowest BCUT2D eigenvalue weighted by Crippen LogP contribution is -2.47. The summed E-state index contributed by atoms with van der Waals surface area (Å²) in [7, 11) is 0. The van der Waals surface area contributed by atoms with E-state index in [1.807, 2.05) is 6.07 Å². The Labute approximate surface area is 146 Å². The Hall–Kier alpha value is -3.02. The third-order valence-electron chi connectivity index (χ3n) is 3.78. The molecule has 1 aromatic heterocycles. The lowest BCUT2D eigenvalue weighted by molar-refractivity contribution is -0.120. The van der Waals surface area contributed by atoms with Crippen LogP contribution < -0.4 is 11.1 Å². The maximum absolute atomic E-state index is 12.3. The second-order valence-electron chi connectivity index (χ2n) is 6.10. The van der Waals surface area contributed by atoms with Gasteiger partial charge in [-0.15, -0.1) is 0 Å². The van der Waals surface area contributed by atoms with Gasteiger partial charge in [0.05, 0.1) is 6.42 Å². The molecule has 25 heavy (non-hydrogen) atoms. The van der Waals surface area contributed by atoms with Gasteiger partial charge < -0.3 is 11.1 Å². The van der Waals surface area contributed by atoms with Gasteiger partial charge in [0, 0.05) is 23.0 Å². The molecule has 0 saturated carbocycles. The summed E-state index contributed by atoms with van der Waals surface area (Å²) in [5, 5.41) is 2.62. The second-order valence-corrected chi connectivity index (χ2v) is 6.10. The predicted octanol–water partition coefficient (Wildman–Crippen LogP) is 1.75. The zero-order chi connectivity index (χ0) is 18.4. The molecule has 6 heteroatoms. The fourth-order valence-corrected chi connectivity index (χ4v) is 2.40. The highest BCUT2D eigenvalue weighted by molar-refractivity contribution is 5.99. The van der Waals surface area contributed by atoms with Gasteiger partial charge in [-0.25, -0.2) is 0 Å². The van der Waals surface area contributed by atoms with Gasteiger partial charge in [0.1, 0.15) is 6.04 Å². The van der Waals surface area contributed by atoms with Gasteiger partial charge in [0.15, 0.2) is 5.78 Å². The van der Waals surface area contributed by atoms with Gasteiger partial charge in [-0.3, -0.25) is 19.4 Å². The molecule has 0 fully saturated rings. The number of hydrogen-bond donors (Lipinski definition) is 2. The number of rotatable bonds is 7. The maximum atomic E-state index is 12.3. The van der Waals surface area contributed by atoms with Crippen molar-refractivity contribution in [2.45, 2.75) is 26.3 Å². The highest BCUT2D eigenvalue weighted by Crippen LogP contribution is 2.09. The van der Waals surface area contributed by atoms with Crippen molar-refractivity contribution < 1.29 is 14.4 Å². The lowest BCUT2D eigenvalue weighted by atomic mass is 10.0. The van der Waals surface area contributed by atoms with Crippen molar-refractivity contribution in [3.05, 3.63) is 65.5 Å². The van der Waals surface area contributed by atoms with Gasteiger partial charge in [0.2, 0.25) is 5.91 Å². The number of benzene rings is 1. The van der Waals surface area contributed by atoms with Crippen LogP contribution in [0.25, 0.3) is 0 Å². The molecule has 2 rings (SSSR count). The first kappa shape index (κ1) is 18.3. The smallest absolute Gasteiger partial charge is 0.252 e. The number of carbonyl (C=O) groups excluding carboxylic acids is 3. The molecule has 0 aliphatic heterocycles. The molecule has 0 unspecified atom stereocenters. The fraction of sp³-hybridized carbons (Fsp3) is 0.263. The van der Waals surface area contributed by atoms with E-state index in [1.54, 1.807) is 44.2 Å². The van der Waals surface area contributed by atoms with Crippen molar-refractivity contribution in [3.63, 3.8) is 0 Å². The number of pyridine rings is 1. The fourth-order valence-electron chi connectivity index (χ4n) is 2.40. The summed E-state index contributed by atoms with van der Waals surface area (Å²) in [5.41, 5.74) is 6.72. The number of hydrogen-bond acceptors (Lipinski definition) is 4. The van der Waals surface area contributed by atoms with E-state index < -0.39 is 17.9 Å². The Balaban J connectivity index is 2.11. The average molecular weight is 339 g/mol. The normalized spacial score (nSPS) is 11.8. The van der Waals surface area contributed by atoms with Crippen molar-refractivity contribution in [1.29, 1.82) is 0 Å². The highest BCUT2D eigenvalue weighted by atomic mass is 16.2. The molecule has 0 aliphatic rings. The first-order chi connectivity index (χ1) is 11.9. The molecule has 2 aromatic rings. The predicted molar refractivity (Wildman–Crippen MR) is 94.0 cm³/mol. The first-order valence-electron chi connectivity index (χ1n) is 8.02. The number of nitrogens with zero attached hydrogens (tertiary/aromatic N) is 1. The van der Waals surface area contributed by atoms with Gasteiger partial charge in [0.25, 0.3) is 5.91 Å². The molecule has 0 bridgehead atoms. The van der Waals surface area contributed by atoms with E-state index in [9.17, 15) is 14.4 Å². The topological polar surface area (TPSA) is 102 Å². The van der Waals surface area contributed by atoms with E-state index in [0.717, 1.165) is 0 Å². The molecule has 1 heterocycles. The number of nitrogens with one attached hydrogen (secondary N) is 1. The van der Waals surface area contributed by atoms with Crippen LogP contribution in [0.15, 0.2) is 48.7 Å². The van der Waals surface area contributed by atoms with Gasteiger partial charge >= 0.3 is 0 Å². The van der Waals surface area contributed by atoms with Gasteiger partial charge in [-0.1, -0.05) is 44.2 Å². The van der Waals surface area contributed by atoms with E-state index >= 15 is 0 Å². The molecule has 0 radical (unpaired) electrons. The van der Waals surface area contributed by atoms with E-state index in [-0.39, 0.29) is 18.1 Å². The standard InChI is InChI=1S/C19H21N3O3/c1-12(2)17(18(20)24)22-19(25)14-8-9-21-15(10-14)11-16(23)13-6-4-3-5-7-13/h3-10,12,17H,11H2,1-2H3,(H2,20,24)(H,22,25)/t17-/m1/s1. The van der Waals surface area contributed by atoms with E-state index in [1.165, 1.54) is 12.3 Å². The molecule has 0 aliphatic carbocycles. The third kappa shape index (κ3) is 4.97. The van der Waals surface area contributed by atoms with Crippen molar-refractivity contribution >= 4 is 17.6 Å². The summed E-state index contributed by atoms with van der Waals surface area (Å²) in [6, 6.07) is 11.2. The van der Waals surface area contributed by atoms with Gasteiger partial charge in [-0.2, -0.15) is 0 Å². The molecule has 130 valence electrons. The van der Waals surface area contributed by atoms with Crippen LogP contribution in [0.1, 0.15) is 40.3 Å². The summed E-state index contributed by atoms with van der Waals surface area (Å²) in [4.78, 5) is 40.2. The van der Waals surface area contributed by atoms with E-state index in [2.05, 4.69) is 10.3 Å². The van der Waals surface area contributed by atoms with Crippen LogP contribution in [0.2, 0.25) is 0 Å². The van der Waals surface area contributed by atoms with Crippen LogP contribution in [0, 0.1) is 5.92 Å². The summed E-state index contributed by atoms with van der Waals surface area (Å²) < 4.78 is 0.